The van der Waals surface area contributed by atoms with Gasteiger partial charge in [-0.05, 0) is 78.9 Å². The van der Waals surface area contributed by atoms with Gasteiger partial charge in [0.2, 0.25) is 0 Å². The minimum atomic E-state index is -1.07. The van der Waals surface area contributed by atoms with Gasteiger partial charge in [-0.1, -0.05) is 72.9 Å². The number of carbonyl (C=O) groups is 3. The van der Waals surface area contributed by atoms with Crippen LogP contribution in [0.1, 0.15) is 61.4 Å². The molecule has 0 aromatic heterocycles. The molecule has 2 aliphatic heterocycles. The van der Waals surface area contributed by atoms with Gasteiger partial charge >= 0.3 is 11.9 Å². The van der Waals surface area contributed by atoms with Gasteiger partial charge in [-0.25, -0.2) is 14.0 Å². The molecule has 0 bridgehead atoms. The van der Waals surface area contributed by atoms with Crippen LogP contribution in [0.5, 0.6) is 0 Å². The third-order valence-electron chi connectivity index (χ3n) is 7.89. The fourth-order valence-electron chi connectivity index (χ4n) is 5.75. The number of nitrogens with zero attached hydrogens (tertiary/aromatic N) is 1. The molecule has 3 aromatic rings. The number of amides is 1. The Labute approximate surface area is 260 Å². The predicted octanol–water partition coefficient (Wildman–Crippen LogP) is 6.38. The summed E-state index contributed by atoms with van der Waals surface area (Å²) in [6.45, 7) is 2.57. The number of nitrogens with one attached hydrogen (secondary N) is 1. The van der Waals surface area contributed by atoms with Crippen molar-refractivity contribution in [1.82, 2.24) is 10.2 Å². The zero-order valence-corrected chi connectivity index (χ0v) is 25.2. The number of morpholine rings is 1. The summed E-state index contributed by atoms with van der Waals surface area (Å²) in [5.74, 6) is -2.26. The van der Waals surface area contributed by atoms with Crippen molar-refractivity contribution in [2.45, 2.75) is 69.4 Å². The van der Waals surface area contributed by atoms with Gasteiger partial charge in [0.1, 0.15) is 30.1 Å². The maximum Gasteiger partial charge on any atom is 0.336 e. The first-order valence-electron chi connectivity index (χ1n) is 14.5. The van der Waals surface area contributed by atoms with Crippen molar-refractivity contribution >= 4 is 41.0 Å². The van der Waals surface area contributed by atoms with Crippen molar-refractivity contribution in [3.8, 4) is 0 Å². The lowest BCUT2D eigenvalue weighted by atomic mass is 9.88. The third kappa shape index (κ3) is 7.27. The van der Waals surface area contributed by atoms with Gasteiger partial charge in [-0.15, -0.1) is 0 Å². The molecule has 226 valence electrons. The Bertz CT molecular complexity index is 1430. The van der Waals surface area contributed by atoms with Crippen molar-refractivity contribution in [2.75, 3.05) is 6.54 Å². The van der Waals surface area contributed by atoms with Crippen molar-refractivity contribution < 1.29 is 28.2 Å². The number of carbonyl (C=O) groups excluding carboxylic acids is 3. The monoisotopic (exact) mass is 626 g/mol. The Morgan fingerprint density at radius 2 is 1.63 bits per heavy atom. The topological polar surface area (TPSA) is 84.9 Å². The number of benzene rings is 3. The minimum Gasteiger partial charge on any atom is -0.390 e. The summed E-state index contributed by atoms with van der Waals surface area (Å²) in [4.78, 5) is 42.6. The van der Waals surface area contributed by atoms with E-state index in [1.807, 2.05) is 19.1 Å². The van der Waals surface area contributed by atoms with E-state index in [-0.39, 0.29) is 12.8 Å². The molecule has 7 nitrogen and oxygen atoms in total. The van der Waals surface area contributed by atoms with Gasteiger partial charge in [-0.3, -0.25) is 4.79 Å². The highest BCUT2D eigenvalue weighted by Gasteiger charge is 2.49. The summed E-state index contributed by atoms with van der Waals surface area (Å²) in [5, 5.41) is 4.10. The average molecular weight is 628 g/mol. The van der Waals surface area contributed by atoms with Gasteiger partial charge in [0, 0.05) is 16.5 Å². The molecular weight excluding hydrogens is 594 g/mol. The summed E-state index contributed by atoms with van der Waals surface area (Å²) in [6.07, 6.45) is 0.604. The first-order chi connectivity index (χ1) is 20.7. The second kappa shape index (κ2) is 14.0. The lowest BCUT2D eigenvalue weighted by Crippen LogP contribution is -2.58. The van der Waals surface area contributed by atoms with Crippen LogP contribution in [0.15, 0.2) is 72.8 Å². The van der Waals surface area contributed by atoms with Crippen molar-refractivity contribution in [1.29, 1.82) is 0 Å². The average Bonchev–Trinajstić information content (AvgIpc) is 3.55. The molecular formula is C33H33Cl2FN2O5. The molecule has 3 aromatic carbocycles. The zero-order valence-electron chi connectivity index (χ0n) is 23.7. The Hall–Kier alpha value is -3.30. The van der Waals surface area contributed by atoms with Crippen molar-refractivity contribution in [3.05, 3.63) is 105 Å². The predicted molar refractivity (Wildman–Crippen MR) is 161 cm³/mol. The molecule has 0 saturated carbocycles. The van der Waals surface area contributed by atoms with Crippen LogP contribution in [-0.2, 0) is 30.3 Å². The zero-order chi connectivity index (χ0) is 30.5. The number of esters is 2. The van der Waals surface area contributed by atoms with Gasteiger partial charge < -0.3 is 19.7 Å². The van der Waals surface area contributed by atoms with E-state index in [9.17, 15) is 18.8 Å². The van der Waals surface area contributed by atoms with Crippen LogP contribution in [-0.4, -0.2) is 47.5 Å². The summed E-state index contributed by atoms with van der Waals surface area (Å²) >= 11 is 12.4. The Balaban J connectivity index is 1.59. The molecule has 2 saturated heterocycles. The molecule has 1 amide bonds. The smallest absolute Gasteiger partial charge is 0.336 e. The molecule has 0 radical (unpaired) electrons. The quantitative estimate of drug-likeness (QED) is 0.219. The maximum absolute atomic E-state index is 14.4. The largest absolute Gasteiger partial charge is 0.390 e. The minimum absolute atomic E-state index is 0.145. The summed E-state index contributed by atoms with van der Waals surface area (Å²) < 4.78 is 25.7. The second-order valence-electron chi connectivity index (χ2n) is 10.9. The summed E-state index contributed by atoms with van der Waals surface area (Å²) in [7, 11) is 0. The number of hydrogen-bond donors (Lipinski definition) is 1. The van der Waals surface area contributed by atoms with Crippen LogP contribution in [0, 0.1) is 5.82 Å². The van der Waals surface area contributed by atoms with Crippen LogP contribution in [0.2, 0.25) is 10.0 Å². The molecule has 2 fully saturated rings. The fraction of sp³-hybridized carbons (Fsp3) is 0.364. The SMILES string of the molecule is CCC[C@H](C(=O)OC(=O)[C@H]1CCCN1)N1C(=O)[C@H](Cc2ccc(F)cc2)O[C@@H](c2ccc(Cl)cc2)[C@H]1c1ccc(Cl)cc1. The molecule has 2 heterocycles. The van der Waals surface area contributed by atoms with Crippen molar-refractivity contribution in [2.24, 2.45) is 0 Å². The van der Waals surface area contributed by atoms with E-state index in [0.717, 1.165) is 12.0 Å². The standard InChI is InChI=1S/C33H33Cl2FN2O5/c1-2-4-27(33(41)43-32(40)26-5-3-18-37-26)38-29(21-8-12-23(34)13-9-21)30(22-10-14-24(35)15-11-22)42-28(31(38)39)19-20-6-16-25(36)17-7-20/h6-17,26-30,37H,2-5,18-19H2,1H3/t26-,27-,28+,29-,30+/m1/s1. The van der Waals surface area contributed by atoms with Gasteiger partial charge in [0.25, 0.3) is 5.91 Å². The number of halogens is 3. The highest BCUT2D eigenvalue weighted by atomic mass is 35.5. The molecule has 43 heavy (non-hydrogen) atoms. The van der Waals surface area contributed by atoms with Crippen LogP contribution < -0.4 is 5.32 Å². The van der Waals surface area contributed by atoms with Crippen LogP contribution >= 0.6 is 23.2 Å². The molecule has 5 rings (SSSR count). The summed E-state index contributed by atoms with van der Waals surface area (Å²) in [6, 6.07) is 17.6. The Morgan fingerprint density at radius 1 is 1.00 bits per heavy atom. The van der Waals surface area contributed by atoms with E-state index < -0.39 is 54.0 Å². The van der Waals surface area contributed by atoms with Gasteiger partial charge in [0.15, 0.2) is 0 Å². The highest BCUT2D eigenvalue weighted by Crippen LogP contribution is 2.44. The Morgan fingerprint density at radius 3 is 2.21 bits per heavy atom. The molecule has 0 spiro atoms. The second-order valence-corrected chi connectivity index (χ2v) is 11.7. The van der Waals surface area contributed by atoms with E-state index in [1.165, 1.54) is 17.0 Å². The molecule has 1 N–H and O–H groups in total. The van der Waals surface area contributed by atoms with E-state index in [2.05, 4.69) is 5.32 Å². The lowest BCUT2D eigenvalue weighted by molar-refractivity contribution is -0.187. The normalized spacial score (nSPS) is 22.8. The molecule has 2 aliphatic rings. The van der Waals surface area contributed by atoms with Crippen molar-refractivity contribution in [3.63, 3.8) is 0 Å². The van der Waals surface area contributed by atoms with Crippen LogP contribution in [0.3, 0.4) is 0 Å². The lowest BCUT2D eigenvalue weighted by Gasteiger charge is -2.47. The molecule has 5 atom stereocenters. The maximum atomic E-state index is 14.4. The number of hydrogen-bond acceptors (Lipinski definition) is 6. The van der Waals surface area contributed by atoms with Crippen LogP contribution in [0.4, 0.5) is 4.39 Å². The van der Waals surface area contributed by atoms with Crippen LogP contribution in [0.25, 0.3) is 0 Å². The Kier molecular flexibility index (Phi) is 10.1. The van der Waals surface area contributed by atoms with E-state index >= 15 is 0 Å². The number of ether oxygens (including phenoxy) is 2. The highest BCUT2D eigenvalue weighted by molar-refractivity contribution is 6.30. The van der Waals surface area contributed by atoms with E-state index in [1.54, 1.807) is 48.5 Å². The van der Waals surface area contributed by atoms with Gasteiger partial charge in [-0.2, -0.15) is 0 Å². The summed E-state index contributed by atoms with van der Waals surface area (Å²) in [5.41, 5.74) is 2.12. The van der Waals surface area contributed by atoms with Gasteiger partial charge in [0.05, 0.1) is 6.04 Å². The number of rotatable bonds is 9. The molecule has 10 heteroatoms. The first-order valence-corrected chi connectivity index (χ1v) is 15.2. The fourth-order valence-corrected chi connectivity index (χ4v) is 6.00. The van der Waals surface area contributed by atoms with E-state index in [0.29, 0.717) is 40.6 Å². The third-order valence-corrected chi connectivity index (χ3v) is 8.39. The first kappa shape index (κ1) is 31.1. The molecule has 0 unspecified atom stereocenters. The molecule has 0 aliphatic carbocycles. The van der Waals surface area contributed by atoms with E-state index in [4.69, 9.17) is 32.7 Å².